The van der Waals surface area contributed by atoms with E-state index in [1.165, 1.54) is 18.4 Å². The van der Waals surface area contributed by atoms with Gasteiger partial charge in [0.1, 0.15) is 0 Å². The van der Waals surface area contributed by atoms with Crippen LogP contribution in [-0.4, -0.2) is 44.8 Å². The average molecular weight is 441 g/mol. The Kier molecular flexibility index (Phi) is 3.45. The number of pyridine rings is 1. The number of hydrogen-bond donors (Lipinski definition) is 2. The normalized spacial score (nSPS) is 33.8. The largest absolute Gasteiger partial charge is 0.504 e. The van der Waals surface area contributed by atoms with Crippen LogP contribution in [0.1, 0.15) is 54.2 Å². The number of likely N-dealkylation sites (tertiary alicyclic amines) is 1. The number of aromatic nitrogens is 1. The zero-order valence-corrected chi connectivity index (χ0v) is 18.6. The van der Waals surface area contributed by atoms with Gasteiger partial charge in [0.2, 0.25) is 0 Å². The number of piperidine rings is 1. The summed E-state index contributed by atoms with van der Waals surface area (Å²) < 4.78 is 6.64. The highest BCUT2D eigenvalue weighted by Gasteiger charge is 2.71. The highest BCUT2D eigenvalue weighted by molar-refractivity contribution is 5.80. The fourth-order valence-electron chi connectivity index (χ4n) is 7.73. The molecule has 1 saturated heterocycles. The van der Waals surface area contributed by atoms with Crippen LogP contribution in [0.25, 0.3) is 10.9 Å². The number of nitrogens with zero attached hydrogens (tertiary/aromatic N) is 2. The van der Waals surface area contributed by atoms with Crippen LogP contribution in [0, 0.1) is 5.92 Å². The van der Waals surface area contributed by atoms with Crippen molar-refractivity contribution in [3.8, 4) is 11.5 Å². The molecule has 2 bridgehead atoms. The third-order valence-corrected chi connectivity index (χ3v) is 9.33. The van der Waals surface area contributed by atoms with Gasteiger partial charge >= 0.3 is 0 Å². The summed E-state index contributed by atoms with van der Waals surface area (Å²) in [6.07, 6.45) is 5.51. The molecule has 8 rings (SSSR count). The Bertz CT molecular complexity index is 1330. The van der Waals surface area contributed by atoms with Gasteiger partial charge in [0.25, 0.3) is 0 Å². The summed E-state index contributed by atoms with van der Waals surface area (Å²) >= 11 is 0. The molecule has 2 aromatic carbocycles. The van der Waals surface area contributed by atoms with Crippen molar-refractivity contribution in [3.63, 3.8) is 0 Å². The van der Waals surface area contributed by atoms with Crippen LogP contribution in [0.5, 0.6) is 11.5 Å². The number of rotatable bonds is 2. The maximum Gasteiger partial charge on any atom is 0.166 e. The lowest BCUT2D eigenvalue weighted by Crippen LogP contribution is -2.71. The standard InChI is InChI=1S/C28H28N2O3/c31-21-9-7-17-8-10-22-28(32)14-19-13-18-3-1-2-4-20(18)29-24(19)26-27(28,23(17)25(21)33-26)11-12-30(22)15-16-5-6-16/h1-4,7,9,13,16,22,26,31-32H,5-6,8,10-12,14-15H2/t22-,26+,27?,28-/m1/s1. The van der Waals surface area contributed by atoms with Gasteiger partial charge < -0.3 is 14.9 Å². The van der Waals surface area contributed by atoms with Crippen molar-refractivity contribution < 1.29 is 14.9 Å². The van der Waals surface area contributed by atoms with Gasteiger partial charge in [0, 0.05) is 30.0 Å². The molecule has 168 valence electrons. The zero-order valence-electron chi connectivity index (χ0n) is 18.6. The number of aliphatic hydroxyl groups is 1. The van der Waals surface area contributed by atoms with Gasteiger partial charge in [-0.2, -0.15) is 0 Å². The second kappa shape index (κ2) is 6.08. The molecule has 2 N–H and O–H groups in total. The minimum absolute atomic E-state index is 0.0815. The Labute approximate surface area is 193 Å². The van der Waals surface area contributed by atoms with Crippen molar-refractivity contribution >= 4 is 10.9 Å². The predicted octanol–water partition coefficient (Wildman–Crippen LogP) is 4.03. The van der Waals surface area contributed by atoms with Crippen molar-refractivity contribution in [1.82, 2.24) is 9.88 Å². The van der Waals surface area contributed by atoms with Crippen molar-refractivity contribution in [3.05, 3.63) is 64.8 Å². The lowest BCUT2D eigenvalue weighted by Gasteiger charge is -2.59. The SMILES string of the molecule is Oc1ccc2c3c1O[C@H]1c4nc5ccccc5cc4C[C@@]4(O)[C@@H](CC2)N(CC2CC2)CCC314. The summed E-state index contributed by atoms with van der Waals surface area (Å²) in [6, 6.07) is 14.3. The average Bonchev–Trinajstić information content (AvgIpc) is 3.55. The first kappa shape index (κ1) is 18.8. The first-order valence-corrected chi connectivity index (χ1v) is 12.5. The molecule has 3 aliphatic carbocycles. The molecular formula is C28H28N2O3. The molecule has 5 heteroatoms. The number of phenolic OH excluding ortho intramolecular Hbond substituents is 1. The molecule has 1 spiro atoms. The number of phenols is 1. The number of aryl methyl sites for hydroxylation is 1. The van der Waals surface area contributed by atoms with E-state index in [1.54, 1.807) is 6.07 Å². The van der Waals surface area contributed by atoms with E-state index >= 15 is 0 Å². The third-order valence-electron chi connectivity index (χ3n) is 9.33. The molecule has 1 saturated carbocycles. The third kappa shape index (κ3) is 2.23. The predicted molar refractivity (Wildman–Crippen MR) is 125 cm³/mol. The molecule has 2 fully saturated rings. The van der Waals surface area contributed by atoms with E-state index in [0.29, 0.717) is 12.2 Å². The fraction of sp³-hybridized carbons (Fsp3) is 0.464. The molecule has 4 atom stereocenters. The lowest BCUT2D eigenvalue weighted by molar-refractivity contribution is -0.167. The summed E-state index contributed by atoms with van der Waals surface area (Å²) in [7, 11) is 0. The number of benzene rings is 2. The highest BCUT2D eigenvalue weighted by Crippen LogP contribution is 2.67. The minimum Gasteiger partial charge on any atom is -0.504 e. The van der Waals surface area contributed by atoms with Gasteiger partial charge in [-0.1, -0.05) is 24.3 Å². The van der Waals surface area contributed by atoms with E-state index in [-0.39, 0.29) is 17.9 Å². The Morgan fingerprint density at radius 2 is 1.97 bits per heavy atom. The van der Waals surface area contributed by atoms with Crippen LogP contribution in [0.3, 0.4) is 0 Å². The Balaban J connectivity index is 1.41. The van der Waals surface area contributed by atoms with Crippen molar-refractivity contribution in [1.29, 1.82) is 0 Å². The first-order chi connectivity index (χ1) is 16.1. The molecule has 1 aromatic heterocycles. The molecule has 1 unspecified atom stereocenters. The second-order valence-electron chi connectivity index (χ2n) is 11.0. The first-order valence-electron chi connectivity index (χ1n) is 12.5. The van der Waals surface area contributed by atoms with E-state index in [1.807, 2.05) is 18.2 Å². The fourth-order valence-corrected chi connectivity index (χ4v) is 7.73. The summed E-state index contributed by atoms with van der Waals surface area (Å²) in [5.74, 6) is 1.54. The van der Waals surface area contributed by atoms with Crippen molar-refractivity contribution in [2.24, 2.45) is 5.92 Å². The number of ether oxygens (including phenoxy) is 1. The number of para-hydroxylation sites is 1. The Morgan fingerprint density at radius 1 is 1.09 bits per heavy atom. The van der Waals surface area contributed by atoms with E-state index in [9.17, 15) is 10.2 Å². The van der Waals surface area contributed by atoms with Gasteiger partial charge in [0.15, 0.2) is 17.6 Å². The summed E-state index contributed by atoms with van der Waals surface area (Å²) in [4.78, 5) is 7.70. The van der Waals surface area contributed by atoms with Crippen LogP contribution in [0.4, 0.5) is 0 Å². The van der Waals surface area contributed by atoms with E-state index in [0.717, 1.165) is 66.0 Å². The molecule has 5 nitrogen and oxygen atoms in total. The molecule has 0 radical (unpaired) electrons. The van der Waals surface area contributed by atoms with Gasteiger partial charge in [-0.25, -0.2) is 4.98 Å². The van der Waals surface area contributed by atoms with Crippen LogP contribution in [0.15, 0.2) is 42.5 Å². The summed E-state index contributed by atoms with van der Waals surface area (Å²) in [6.45, 7) is 2.05. The highest BCUT2D eigenvalue weighted by atomic mass is 16.5. The van der Waals surface area contributed by atoms with E-state index in [2.05, 4.69) is 23.1 Å². The maximum atomic E-state index is 12.9. The summed E-state index contributed by atoms with van der Waals surface area (Å²) in [5.41, 5.74) is 3.75. The Morgan fingerprint density at radius 3 is 2.85 bits per heavy atom. The van der Waals surface area contributed by atoms with Crippen LogP contribution in [0.2, 0.25) is 0 Å². The van der Waals surface area contributed by atoms with E-state index in [4.69, 9.17) is 9.72 Å². The molecular weight excluding hydrogens is 412 g/mol. The molecule has 5 aliphatic rings. The van der Waals surface area contributed by atoms with E-state index < -0.39 is 11.0 Å². The van der Waals surface area contributed by atoms with Gasteiger partial charge in [-0.15, -0.1) is 0 Å². The molecule has 3 heterocycles. The topological polar surface area (TPSA) is 65.8 Å². The van der Waals surface area contributed by atoms with Gasteiger partial charge in [-0.3, -0.25) is 4.90 Å². The quantitative estimate of drug-likeness (QED) is 0.630. The molecule has 0 amide bonds. The number of aromatic hydroxyl groups is 1. The molecule has 33 heavy (non-hydrogen) atoms. The monoisotopic (exact) mass is 440 g/mol. The summed E-state index contributed by atoms with van der Waals surface area (Å²) in [5, 5.41) is 24.8. The van der Waals surface area contributed by atoms with Crippen LogP contribution >= 0.6 is 0 Å². The maximum absolute atomic E-state index is 12.9. The van der Waals surface area contributed by atoms with Crippen molar-refractivity contribution in [2.75, 3.05) is 13.1 Å². The molecule has 3 aromatic rings. The second-order valence-corrected chi connectivity index (χ2v) is 11.0. The van der Waals surface area contributed by atoms with Gasteiger partial charge in [-0.05, 0) is 73.9 Å². The minimum atomic E-state index is -0.952. The molecule has 2 aliphatic heterocycles. The zero-order chi connectivity index (χ0) is 21.9. The number of hydrogen-bond acceptors (Lipinski definition) is 5. The lowest BCUT2D eigenvalue weighted by atomic mass is 9.53. The van der Waals surface area contributed by atoms with Gasteiger partial charge in [0.05, 0.1) is 22.2 Å². The smallest absolute Gasteiger partial charge is 0.166 e. The number of fused-ring (bicyclic) bond motifs is 3. The van der Waals surface area contributed by atoms with Crippen LogP contribution < -0.4 is 4.74 Å². The van der Waals surface area contributed by atoms with Crippen LogP contribution in [-0.2, 0) is 18.3 Å². The Hall–Kier alpha value is -2.63. The van der Waals surface area contributed by atoms with Crippen molar-refractivity contribution in [2.45, 2.75) is 61.7 Å².